The first-order valence-electron chi connectivity index (χ1n) is 8.05. The number of ether oxygens (including phenoxy) is 1. The fourth-order valence-corrected chi connectivity index (χ4v) is 3.61. The van der Waals surface area contributed by atoms with Crippen LogP contribution in [0.25, 0.3) is 10.9 Å². The molecule has 2 aromatic rings. The average molecular weight is 323 g/mol. The van der Waals surface area contributed by atoms with Crippen LogP contribution in [-0.2, 0) is 4.74 Å². The lowest BCUT2D eigenvalue weighted by Gasteiger charge is -2.36. The molecular weight excluding hydrogens is 304 g/mol. The lowest BCUT2D eigenvalue weighted by molar-refractivity contribution is -0.104. The maximum absolute atomic E-state index is 13.1. The minimum absolute atomic E-state index is 0.150. The number of aryl methyl sites for hydroxylation is 1. The van der Waals surface area contributed by atoms with Crippen molar-refractivity contribution in [2.75, 3.05) is 6.61 Å². The third-order valence-electron chi connectivity index (χ3n) is 4.86. The molecule has 124 valence electrons. The van der Waals surface area contributed by atoms with Crippen LogP contribution in [0.5, 0.6) is 0 Å². The van der Waals surface area contributed by atoms with Crippen LogP contribution in [0.1, 0.15) is 49.9 Å². The number of fused-ring (bicyclic) bond motifs is 1. The highest BCUT2D eigenvalue weighted by Gasteiger charge is 2.46. The largest absolute Gasteiger partial charge is 0.356 e. The summed E-state index contributed by atoms with van der Waals surface area (Å²) in [6.45, 7) is 2.58. The van der Waals surface area contributed by atoms with Crippen LogP contribution in [0, 0.1) is 6.92 Å². The van der Waals surface area contributed by atoms with Crippen molar-refractivity contribution in [3.8, 4) is 0 Å². The van der Waals surface area contributed by atoms with Crippen molar-refractivity contribution in [1.82, 2.24) is 14.3 Å². The van der Waals surface area contributed by atoms with Crippen molar-refractivity contribution >= 4 is 10.9 Å². The Kier molecular flexibility index (Phi) is 3.30. The maximum atomic E-state index is 13.1. The lowest BCUT2D eigenvalue weighted by atomic mass is 9.87. The van der Waals surface area contributed by atoms with Gasteiger partial charge in [-0.2, -0.15) is 5.10 Å². The van der Waals surface area contributed by atoms with Gasteiger partial charge >= 0.3 is 0 Å². The number of nitrogens with zero attached hydrogens (tertiary/aromatic N) is 3. The molecule has 4 rings (SSSR count). The Hall–Kier alpha value is -1.76. The molecule has 0 spiro atoms. The predicted octanol–water partition coefficient (Wildman–Crippen LogP) is 3.18. The molecule has 23 heavy (non-hydrogen) atoms. The molecule has 0 N–H and O–H groups in total. The number of hydrogen-bond acceptors (Lipinski definition) is 3. The molecule has 1 aliphatic carbocycles. The molecule has 2 aliphatic rings. The summed E-state index contributed by atoms with van der Waals surface area (Å²) >= 11 is 0. The second-order valence-corrected chi connectivity index (χ2v) is 6.62. The zero-order valence-electron chi connectivity index (χ0n) is 13.0. The van der Waals surface area contributed by atoms with E-state index in [0.29, 0.717) is 12.0 Å². The number of pyridine rings is 1. The molecular formula is C16H19F2N3O2. The van der Waals surface area contributed by atoms with E-state index in [1.807, 2.05) is 6.92 Å². The summed E-state index contributed by atoms with van der Waals surface area (Å²) < 4.78 is 35.2. The Balaban J connectivity index is 1.77. The van der Waals surface area contributed by atoms with Crippen molar-refractivity contribution in [3.63, 3.8) is 0 Å². The molecule has 3 heterocycles. The second kappa shape index (κ2) is 5.12. The predicted molar refractivity (Wildman–Crippen MR) is 80.8 cm³/mol. The van der Waals surface area contributed by atoms with E-state index in [4.69, 9.17) is 4.74 Å². The number of halogens is 2. The second-order valence-electron chi connectivity index (χ2n) is 6.62. The van der Waals surface area contributed by atoms with Crippen LogP contribution >= 0.6 is 0 Å². The van der Waals surface area contributed by atoms with Crippen molar-refractivity contribution < 1.29 is 13.5 Å². The Morgan fingerprint density at radius 3 is 2.78 bits per heavy atom. The summed E-state index contributed by atoms with van der Waals surface area (Å²) in [5, 5.41) is 4.82. The minimum Gasteiger partial charge on any atom is -0.356 e. The van der Waals surface area contributed by atoms with Gasteiger partial charge in [-0.25, -0.2) is 13.5 Å². The molecule has 0 amide bonds. The van der Waals surface area contributed by atoms with Crippen LogP contribution in [0.15, 0.2) is 17.2 Å². The smallest absolute Gasteiger partial charge is 0.261 e. The first kappa shape index (κ1) is 14.8. The fraction of sp³-hybridized carbons (Fsp3) is 0.625. The van der Waals surface area contributed by atoms with E-state index in [9.17, 15) is 13.6 Å². The Labute approximate surface area is 131 Å². The minimum atomic E-state index is -2.65. The fourth-order valence-electron chi connectivity index (χ4n) is 3.61. The van der Waals surface area contributed by atoms with Gasteiger partial charge in [0, 0.05) is 31.7 Å². The van der Waals surface area contributed by atoms with Crippen LogP contribution in [0.4, 0.5) is 8.78 Å². The Morgan fingerprint density at radius 2 is 2.13 bits per heavy atom. The number of rotatable bonds is 2. The first-order chi connectivity index (χ1) is 11.0. The van der Waals surface area contributed by atoms with E-state index in [2.05, 4.69) is 5.10 Å². The molecule has 1 unspecified atom stereocenters. The van der Waals surface area contributed by atoms with Gasteiger partial charge in [0.15, 0.2) is 6.23 Å². The molecule has 2 aromatic heterocycles. The van der Waals surface area contributed by atoms with Crippen LogP contribution in [-0.4, -0.2) is 26.9 Å². The van der Waals surface area contributed by atoms with Crippen LogP contribution < -0.4 is 5.56 Å². The third-order valence-corrected chi connectivity index (χ3v) is 4.86. The van der Waals surface area contributed by atoms with Crippen molar-refractivity contribution in [1.29, 1.82) is 0 Å². The molecule has 5 nitrogen and oxygen atoms in total. The summed E-state index contributed by atoms with van der Waals surface area (Å²) in [4.78, 5) is 12.6. The van der Waals surface area contributed by atoms with E-state index in [1.165, 1.54) is 10.8 Å². The molecule has 1 atom stereocenters. The van der Waals surface area contributed by atoms with Gasteiger partial charge in [0.25, 0.3) is 11.5 Å². The van der Waals surface area contributed by atoms with Gasteiger partial charge in [0.1, 0.15) is 0 Å². The number of aromatic nitrogens is 3. The molecule has 1 aliphatic heterocycles. The van der Waals surface area contributed by atoms with Crippen LogP contribution in [0.2, 0.25) is 0 Å². The molecule has 2 fully saturated rings. The summed E-state index contributed by atoms with van der Waals surface area (Å²) in [7, 11) is 0. The molecule has 1 saturated heterocycles. The van der Waals surface area contributed by atoms with Gasteiger partial charge in [-0.15, -0.1) is 0 Å². The van der Waals surface area contributed by atoms with Gasteiger partial charge in [-0.05, 0) is 31.7 Å². The zero-order valence-corrected chi connectivity index (χ0v) is 13.0. The van der Waals surface area contributed by atoms with Gasteiger partial charge in [0.05, 0.1) is 17.1 Å². The van der Waals surface area contributed by atoms with Crippen molar-refractivity contribution in [2.45, 2.75) is 57.2 Å². The zero-order chi connectivity index (χ0) is 16.2. The lowest BCUT2D eigenvalue weighted by Crippen LogP contribution is -2.41. The van der Waals surface area contributed by atoms with Crippen molar-refractivity contribution in [2.24, 2.45) is 0 Å². The summed E-state index contributed by atoms with van der Waals surface area (Å²) in [5.74, 6) is -2.65. The van der Waals surface area contributed by atoms with E-state index in [-0.39, 0.29) is 24.6 Å². The molecule has 0 aromatic carbocycles. The van der Waals surface area contributed by atoms with E-state index >= 15 is 0 Å². The Bertz CT molecular complexity index is 797. The maximum Gasteiger partial charge on any atom is 0.261 e. The SMILES string of the molecule is Cc1cn(C2CC(F)(F)C2)c(=O)c2cnn(C3CCCCO3)c12. The highest BCUT2D eigenvalue weighted by atomic mass is 19.3. The Morgan fingerprint density at radius 1 is 1.35 bits per heavy atom. The number of hydrogen-bond donors (Lipinski definition) is 0. The standard InChI is InChI=1S/C16H19F2N3O2/c1-10-9-20(11-6-16(17,18)7-11)15(22)12-8-19-21(14(10)12)13-4-2-3-5-23-13/h8-9,11,13H,2-7H2,1H3. The first-order valence-corrected chi connectivity index (χ1v) is 8.05. The van der Waals surface area contributed by atoms with Gasteiger partial charge in [-0.1, -0.05) is 0 Å². The molecule has 7 heteroatoms. The molecule has 0 bridgehead atoms. The molecule has 1 saturated carbocycles. The third kappa shape index (κ3) is 2.38. The number of alkyl halides is 2. The monoisotopic (exact) mass is 323 g/mol. The highest BCUT2D eigenvalue weighted by Crippen LogP contribution is 2.45. The van der Waals surface area contributed by atoms with Gasteiger partial charge < -0.3 is 9.30 Å². The average Bonchev–Trinajstić information content (AvgIpc) is 2.95. The van der Waals surface area contributed by atoms with E-state index < -0.39 is 12.0 Å². The summed E-state index contributed by atoms with van der Waals surface area (Å²) in [5.41, 5.74) is 1.37. The normalized spacial score (nSPS) is 24.7. The highest BCUT2D eigenvalue weighted by molar-refractivity contribution is 5.80. The van der Waals surface area contributed by atoms with Crippen molar-refractivity contribution in [3.05, 3.63) is 28.3 Å². The van der Waals surface area contributed by atoms with E-state index in [0.717, 1.165) is 30.3 Å². The van der Waals surface area contributed by atoms with E-state index in [1.54, 1.807) is 10.9 Å². The van der Waals surface area contributed by atoms with Crippen LogP contribution in [0.3, 0.4) is 0 Å². The summed E-state index contributed by atoms with van der Waals surface area (Å²) in [6.07, 6.45) is 5.52. The summed E-state index contributed by atoms with van der Waals surface area (Å²) in [6, 6.07) is -0.421. The van der Waals surface area contributed by atoms with Gasteiger partial charge in [0.2, 0.25) is 0 Å². The van der Waals surface area contributed by atoms with Gasteiger partial charge in [-0.3, -0.25) is 4.79 Å². The topological polar surface area (TPSA) is 49.0 Å². The quantitative estimate of drug-likeness (QED) is 0.853. The molecule has 0 radical (unpaired) electrons.